The average Bonchev–Trinajstić information content (AvgIpc) is 2.50. The van der Waals surface area contributed by atoms with Crippen LogP contribution in [0.3, 0.4) is 0 Å². The first-order valence-electron chi connectivity index (χ1n) is 8.06. The number of hydrogen-bond acceptors (Lipinski definition) is 2. The Balaban J connectivity index is 1.90. The molecule has 0 unspecified atom stereocenters. The predicted octanol–water partition coefficient (Wildman–Crippen LogP) is 3.74. The molecule has 2 rings (SSSR count). The summed E-state index contributed by atoms with van der Waals surface area (Å²) in [6.07, 6.45) is 5.07. The lowest BCUT2D eigenvalue weighted by Crippen LogP contribution is -2.43. The van der Waals surface area contributed by atoms with Crippen molar-refractivity contribution in [1.29, 1.82) is 0 Å². The summed E-state index contributed by atoms with van der Waals surface area (Å²) in [7, 11) is 0. The van der Waals surface area contributed by atoms with E-state index in [1.807, 2.05) is 12.1 Å². The first-order chi connectivity index (χ1) is 10.6. The average molecular weight is 303 g/mol. The van der Waals surface area contributed by atoms with Gasteiger partial charge in [0.1, 0.15) is 0 Å². The number of nitrogens with one attached hydrogen (secondary N) is 3. The van der Waals surface area contributed by atoms with Gasteiger partial charge in [0.2, 0.25) is 5.91 Å². The number of rotatable bonds is 4. The second kappa shape index (κ2) is 7.82. The Morgan fingerprint density at radius 1 is 1.14 bits per heavy atom. The summed E-state index contributed by atoms with van der Waals surface area (Å²) in [5.41, 5.74) is 1.37. The van der Waals surface area contributed by atoms with Gasteiger partial charge in [-0.3, -0.25) is 4.79 Å². The molecule has 1 saturated carbocycles. The third kappa shape index (κ3) is 4.76. The van der Waals surface area contributed by atoms with E-state index in [1.165, 1.54) is 19.3 Å². The highest BCUT2D eigenvalue weighted by atomic mass is 16.2. The van der Waals surface area contributed by atoms with Crippen molar-refractivity contribution >= 4 is 23.3 Å². The number of carbonyl (C=O) groups is 2. The van der Waals surface area contributed by atoms with E-state index in [9.17, 15) is 9.59 Å². The number of amides is 3. The number of benzene rings is 1. The summed E-state index contributed by atoms with van der Waals surface area (Å²) in [5.74, 6) is 0.479. The quantitative estimate of drug-likeness (QED) is 0.793. The summed E-state index contributed by atoms with van der Waals surface area (Å²) >= 11 is 0. The van der Waals surface area contributed by atoms with E-state index in [0.717, 1.165) is 6.42 Å². The molecular formula is C17H25N3O2. The molecule has 1 aliphatic carbocycles. The highest BCUT2D eigenvalue weighted by Crippen LogP contribution is 2.24. The molecule has 0 spiro atoms. The molecule has 0 aromatic heterocycles. The Bertz CT molecular complexity index is 530. The van der Waals surface area contributed by atoms with Crippen LogP contribution in [0.5, 0.6) is 0 Å². The van der Waals surface area contributed by atoms with Crippen molar-refractivity contribution < 1.29 is 9.59 Å². The maximum Gasteiger partial charge on any atom is 0.319 e. The van der Waals surface area contributed by atoms with Crippen LogP contribution in [0.2, 0.25) is 0 Å². The Labute approximate surface area is 131 Å². The first kappa shape index (κ1) is 16.3. The molecule has 5 nitrogen and oxygen atoms in total. The Morgan fingerprint density at radius 2 is 1.82 bits per heavy atom. The molecule has 1 fully saturated rings. The zero-order chi connectivity index (χ0) is 15.9. The van der Waals surface area contributed by atoms with Gasteiger partial charge in [-0.25, -0.2) is 4.79 Å². The molecule has 3 amide bonds. The summed E-state index contributed by atoms with van der Waals surface area (Å²) in [6.45, 7) is 3.99. The van der Waals surface area contributed by atoms with Crippen LogP contribution in [-0.4, -0.2) is 18.0 Å². The lowest BCUT2D eigenvalue weighted by molar-refractivity contribution is -0.115. The third-order valence-corrected chi connectivity index (χ3v) is 4.15. The maximum atomic E-state index is 12.1. The molecule has 1 aromatic rings. The Kier molecular flexibility index (Phi) is 5.81. The minimum atomic E-state index is -0.183. The molecule has 3 N–H and O–H groups in total. The summed E-state index contributed by atoms with van der Waals surface area (Å²) in [5, 5.41) is 8.67. The van der Waals surface area contributed by atoms with Crippen LogP contribution < -0.4 is 16.0 Å². The monoisotopic (exact) mass is 303 g/mol. The SMILES string of the molecule is CCC(=O)Nc1cccc(NC(=O)N[C@H]2CCCC[C@@H]2C)c1. The second-order valence-electron chi connectivity index (χ2n) is 5.95. The van der Waals surface area contributed by atoms with Gasteiger partial charge in [0, 0.05) is 23.8 Å². The van der Waals surface area contributed by atoms with Gasteiger partial charge >= 0.3 is 6.03 Å². The van der Waals surface area contributed by atoms with E-state index >= 15 is 0 Å². The summed E-state index contributed by atoms with van der Waals surface area (Å²) < 4.78 is 0. The van der Waals surface area contributed by atoms with Crippen LogP contribution >= 0.6 is 0 Å². The molecular weight excluding hydrogens is 278 g/mol. The van der Waals surface area contributed by atoms with Gasteiger partial charge in [-0.2, -0.15) is 0 Å². The lowest BCUT2D eigenvalue weighted by atomic mass is 9.86. The highest BCUT2D eigenvalue weighted by molar-refractivity contribution is 5.93. The molecule has 1 aromatic carbocycles. The minimum absolute atomic E-state index is 0.0439. The molecule has 22 heavy (non-hydrogen) atoms. The smallest absolute Gasteiger partial charge is 0.319 e. The number of urea groups is 1. The van der Waals surface area contributed by atoms with Crippen molar-refractivity contribution in [2.45, 2.75) is 52.0 Å². The van der Waals surface area contributed by atoms with Crippen LogP contribution in [0.4, 0.5) is 16.2 Å². The van der Waals surface area contributed by atoms with Gasteiger partial charge in [0.05, 0.1) is 0 Å². The molecule has 0 saturated heterocycles. The van der Waals surface area contributed by atoms with Crippen LogP contribution in [0.1, 0.15) is 46.0 Å². The highest BCUT2D eigenvalue weighted by Gasteiger charge is 2.22. The van der Waals surface area contributed by atoms with Gasteiger partial charge in [-0.15, -0.1) is 0 Å². The van der Waals surface area contributed by atoms with E-state index in [1.54, 1.807) is 19.1 Å². The fraction of sp³-hybridized carbons (Fsp3) is 0.529. The van der Waals surface area contributed by atoms with Crippen LogP contribution in [-0.2, 0) is 4.79 Å². The van der Waals surface area contributed by atoms with E-state index in [2.05, 4.69) is 22.9 Å². The largest absolute Gasteiger partial charge is 0.335 e. The second-order valence-corrected chi connectivity index (χ2v) is 5.95. The fourth-order valence-electron chi connectivity index (χ4n) is 2.79. The molecule has 0 heterocycles. The molecule has 120 valence electrons. The zero-order valence-electron chi connectivity index (χ0n) is 13.3. The van der Waals surface area contributed by atoms with Crippen molar-refractivity contribution in [2.75, 3.05) is 10.6 Å². The standard InChI is InChI=1S/C17H25N3O2/c1-3-16(21)18-13-8-6-9-14(11-13)19-17(22)20-15-10-5-4-7-12(15)2/h6,8-9,11-12,15H,3-5,7,10H2,1-2H3,(H,18,21)(H2,19,20,22)/t12-,15-/m0/s1. The van der Waals surface area contributed by atoms with Crippen molar-refractivity contribution in [3.8, 4) is 0 Å². The van der Waals surface area contributed by atoms with E-state index < -0.39 is 0 Å². The molecule has 5 heteroatoms. The molecule has 1 aliphatic rings. The van der Waals surface area contributed by atoms with Crippen LogP contribution in [0.25, 0.3) is 0 Å². The van der Waals surface area contributed by atoms with Crippen LogP contribution in [0.15, 0.2) is 24.3 Å². The Hall–Kier alpha value is -2.04. The van der Waals surface area contributed by atoms with Crippen LogP contribution in [0, 0.1) is 5.92 Å². The number of carbonyl (C=O) groups excluding carboxylic acids is 2. The van der Waals surface area contributed by atoms with Gasteiger partial charge < -0.3 is 16.0 Å². The third-order valence-electron chi connectivity index (χ3n) is 4.15. The van der Waals surface area contributed by atoms with E-state index in [0.29, 0.717) is 23.7 Å². The topological polar surface area (TPSA) is 70.2 Å². The summed E-state index contributed by atoms with van der Waals surface area (Å²) in [6, 6.07) is 7.25. The molecule has 0 aliphatic heterocycles. The first-order valence-corrected chi connectivity index (χ1v) is 8.06. The van der Waals surface area contributed by atoms with Crippen molar-refractivity contribution in [3.05, 3.63) is 24.3 Å². The maximum absolute atomic E-state index is 12.1. The van der Waals surface area contributed by atoms with E-state index in [4.69, 9.17) is 0 Å². The minimum Gasteiger partial charge on any atom is -0.335 e. The normalized spacial score (nSPS) is 21.0. The van der Waals surface area contributed by atoms with Gasteiger partial charge in [0.15, 0.2) is 0 Å². The number of hydrogen-bond donors (Lipinski definition) is 3. The Morgan fingerprint density at radius 3 is 2.50 bits per heavy atom. The van der Waals surface area contributed by atoms with Crippen molar-refractivity contribution in [1.82, 2.24) is 5.32 Å². The van der Waals surface area contributed by atoms with Gasteiger partial charge in [0.25, 0.3) is 0 Å². The van der Waals surface area contributed by atoms with Gasteiger partial charge in [-0.1, -0.05) is 32.8 Å². The lowest BCUT2D eigenvalue weighted by Gasteiger charge is -2.29. The molecule has 0 radical (unpaired) electrons. The molecule has 0 bridgehead atoms. The zero-order valence-corrected chi connectivity index (χ0v) is 13.3. The number of anilines is 2. The van der Waals surface area contributed by atoms with Crippen molar-refractivity contribution in [3.63, 3.8) is 0 Å². The summed E-state index contributed by atoms with van der Waals surface area (Å²) in [4.78, 5) is 23.5. The predicted molar refractivity (Wildman–Crippen MR) is 88.9 cm³/mol. The van der Waals surface area contributed by atoms with Crippen molar-refractivity contribution in [2.24, 2.45) is 5.92 Å². The molecule has 2 atom stereocenters. The van der Waals surface area contributed by atoms with E-state index in [-0.39, 0.29) is 18.0 Å². The fourth-order valence-corrected chi connectivity index (χ4v) is 2.79. The van der Waals surface area contributed by atoms with Gasteiger partial charge in [-0.05, 0) is 37.0 Å².